The Morgan fingerprint density at radius 1 is 0.966 bits per heavy atom. The normalized spacial score (nSPS) is 10.8. The molecule has 7 heteroatoms. The van der Waals surface area contributed by atoms with Crippen molar-refractivity contribution >= 4 is 39.8 Å². The van der Waals surface area contributed by atoms with Crippen molar-refractivity contribution in [1.29, 1.82) is 0 Å². The topological polar surface area (TPSA) is 93.8 Å². The van der Waals surface area contributed by atoms with Crippen LogP contribution in [-0.4, -0.2) is 21.1 Å². The summed E-state index contributed by atoms with van der Waals surface area (Å²) in [5.74, 6) is 0.154. The van der Waals surface area contributed by atoms with Gasteiger partial charge in [-0.2, -0.15) is 5.10 Å². The number of hydrogen-bond acceptors (Lipinski definition) is 5. The molecule has 0 saturated carbocycles. The zero-order valence-corrected chi connectivity index (χ0v) is 16.2. The predicted octanol–water partition coefficient (Wildman–Crippen LogP) is 4.31. The first-order valence-electron chi connectivity index (χ1n) is 9.12. The molecular weight excluding hydrogens is 386 g/mol. The van der Waals surface area contributed by atoms with Crippen molar-refractivity contribution in [2.75, 3.05) is 5.32 Å². The summed E-state index contributed by atoms with van der Waals surface area (Å²) in [6, 6.07) is 19.0. The highest BCUT2D eigenvalue weighted by molar-refractivity contribution is 6.30. The summed E-state index contributed by atoms with van der Waals surface area (Å²) >= 11 is 5.96. The van der Waals surface area contributed by atoms with E-state index in [0.29, 0.717) is 23.7 Å². The van der Waals surface area contributed by atoms with Gasteiger partial charge in [-0.15, -0.1) is 5.10 Å². The van der Waals surface area contributed by atoms with E-state index in [1.165, 1.54) is 0 Å². The number of pyridine rings is 1. The van der Waals surface area contributed by atoms with Crippen molar-refractivity contribution in [2.24, 2.45) is 5.73 Å². The van der Waals surface area contributed by atoms with Crippen LogP contribution < -0.4 is 11.1 Å². The number of carbonyl (C=O) groups excluding carboxylic acids is 1. The Hall–Kier alpha value is -3.51. The van der Waals surface area contributed by atoms with E-state index in [9.17, 15) is 4.79 Å². The van der Waals surface area contributed by atoms with Gasteiger partial charge in [-0.05, 0) is 54.8 Å². The maximum Gasteiger partial charge on any atom is 0.267 e. The molecule has 0 aliphatic heterocycles. The van der Waals surface area contributed by atoms with E-state index >= 15 is 0 Å². The highest BCUT2D eigenvalue weighted by Gasteiger charge is 2.10. The number of primary amides is 1. The van der Waals surface area contributed by atoms with Crippen LogP contribution >= 0.6 is 11.6 Å². The molecule has 0 aliphatic carbocycles. The number of nitrogens with two attached hydrogens (primary N) is 1. The van der Waals surface area contributed by atoms with Crippen molar-refractivity contribution < 1.29 is 4.79 Å². The first-order valence-corrected chi connectivity index (χ1v) is 9.49. The van der Waals surface area contributed by atoms with Crippen LogP contribution in [0.1, 0.15) is 21.7 Å². The van der Waals surface area contributed by atoms with Gasteiger partial charge < -0.3 is 11.1 Å². The molecule has 0 radical (unpaired) electrons. The highest BCUT2D eigenvalue weighted by Crippen LogP contribution is 2.27. The van der Waals surface area contributed by atoms with Crippen LogP contribution in [0.2, 0.25) is 5.02 Å². The third-order valence-electron chi connectivity index (χ3n) is 4.60. The summed E-state index contributed by atoms with van der Waals surface area (Å²) in [4.78, 5) is 15.3. The van der Waals surface area contributed by atoms with Crippen molar-refractivity contribution in [3.8, 4) is 0 Å². The second kappa shape index (κ2) is 8.24. The van der Waals surface area contributed by atoms with Crippen molar-refractivity contribution in [2.45, 2.75) is 12.8 Å². The number of rotatable bonds is 6. The molecule has 3 N–H and O–H groups in total. The minimum atomic E-state index is -0.533. The van der Waals surface area contributed by atoms with E-state index in [2.05, 4.69) is 20.5 Å². The van der Waals surface area contributed by atoms with Crippen molar-refractivity contribution in [3.05, 3.63) is 88.8 Å². The van der Waals surface area contributed by atoms with Crippen molar-refractivity contribution in [1.82, 2.24) is 15.2 Å². The van der Waals surface area contributed by atoms with E-state index in [1.807, 2.05) is 54.6 Å². The van der Waals surface area contributed by atoms with E-state index < -0.39 is 5.91 Å². The molecule has 2 aromatic carbocycles. The summed E-state index contributed by atoms with van der Waals surface area (Å²) in [5, 5.41) is 14.8. The Labute approximate surface area is 172 Å². The molecule has 0 saturated heterocycles. The fourth-order valence-corrected chi connectivity index (χ4v) is 3.26. The van der Waals surface area contributed by atoms with Crippen LogP contribution in [0.3, 0.4) is 0 Å². The second-order valence-electron chi connectivity index (χ2n) is 6.59. The van der Waals surface area contributed by atoms with Crippen LogP contribution in [0.5, 0.6) is 0 Å². The average Bonchev–Trinajstić information content (AvgIpc) is 2.75. The van der Waals surface area contributed by atoms with Gasteiger partial charge in [0.15, 0.2) is 5.82 Å². The van der Waals surface area contributed by atoms with Gasteiger partial charge in [0.05, 0.1) is 5.69 Å². The molecule has 0 bridgehead atoms. The molecule has 1 amide bonds. The molecule has 29 heavy (non-hydrogen) atoms. The molecule has 0 spiro atoms. The molecule has 4 aromatic rings. The van der Waals surface area contributed by atoms with Gasteiger partial charge in [0, 0.05) is 27.7 Å². The number of hydrogen-bond donors (Lipinski definition) is 2. The zero-order valence-electron chi connectivity index (χ0n) is 15.5. The lowest BCUT2D eigenvalue weighted by molar-refractivity contribution is 0.0995. The Bertz CT molecular complexity index is 1180. The van der Waals surface area contributed by atoms with Gasteiger partial charge in [0.1, 0.15) is 5.69 Å². The molecule has 144 valence electrons. The average molecular weight is 404 g/mol. The van der Waals surface area contributed by atoms with Crippen LogP contribution in [-0.2, 0) is 12.8 Å². The fraction of sp³-hybridized carbons (Fsp3) is 0.0909. The largest absolute Gasteiger partial charge is 0.364 e. The van der Waals surface area contributed by atoms with Crippen LogP contribution in [0.25, 0.3) is 10.8 Å². The van der Waals surface area contributed by atoms with Crippen molar-refractivity contribution in [3.63, 3.8) is 0 Å². The minimum Gasteiger partial charge on any atom is -0.364 e. The number of anilines is 2. The first kappa shape index (κ1) is 18.8. The Morgan fingerprint density at radius 3 is 2.48 bits per heavy atom. The standard InChI is InChI=1S/C22H18ClN5O/c23-15-6-8-16(9-7-15)26-22-18-4-2-1-3-17(18)19(27-28-22)10-5-14-11-12-25-20(13-14)21(24)29/h1-4,6-9,11-13H,5,10H2,(H2,24,29)(H,26,28). The predicted molar refractivity (Wildman–Crippen MR) is 114 cm³/mol. The Kier molecular flexibility index (Phi) is 5.35. The number of nitrogens with one attached hydrogen (secondary N) is 1. The van der Waals surface area contributed by atoms with Gasteiger partial charge in [-0.3, -0.25) is 9.78 Å². The Morgan fingerprint density at radius 2 is 1.72 bits per heavy atom. The molecule has 0 fully saturated rings. The van der Waals surface area contributed by atoms with E-state index in [-0.39, 0.29) is 5.69 Å². The third-order valence-corrected chi connectivity index (χ3v) is 4.85. The molecule has 4 rings (SSSR count). The highest BCUT2D eigenvalue weighted by atomic mass is 35.5. The first-order chi connectivity index (χ1) is 14.1. The maximum absolute atomic E-state index is 11.3. The quantitative estimate of drug-likeness (QED) is 0.500. The number of amides is 1. The molecule has 2 aromatic heterocycles. The SMILES string of the molecule is NC(=O)c1cc(CCc2nnc(Nc3ccc(Cl)cc3)c3ccccc23)ccn1. The van der Waals surface area contributed by atoms with E-state index in [0.717, 1.165) is 27.7 Å². The molecule has 0 aliphatic rings. The number of aromatic nitrogens is 3. The van der Waals surface area contributed by atoms with Gasteiger partial charge in [0.25, 0.3) is 5.91 Å². The molecular formula is C22H18ClN5O. The smallest absolute Gasteiger partial charge is 0.267 e. The number of benzene rings is 2. The van der Waals surface area contributed by atoms with E-state index in [1.54, 1.807) is 12.3 Å². The van der Waals surface area contributed by atoms with Gasteiger partial charge in [-0.25, -0.2) is 0 Å². The van der Waals surface area contributed by atoms with E-state index in [4.69, 9.17) is 17.3 Å². The lowest BCUT2D eigenvalue weighted by Crippen LogP contribution is -2.13. The summed E-state index contributed by atoms with van der Waals surface area (Å²) < 4.78 is 0. The lowest BCUT2D eigenvalue weighted by Gasteiger charge is -2.11. The molecule has 6 nitrogen and oxygen atoms in total. The van der Waals surface area contributed by atoms with Crippen LogP contribution in [0.4, 0.5) is 11.5 Å². The molecule has 0 atom stereocenters. The Balaban J connectivity index is 1.60. The number of carbonyl (C=O) groups is 1. The fourth-order valence-electron chi connectivity index (χ4n) is 3.13. The van der Waals surface area contributed by atoms with Crippen LogP contribution in [0.15, 0.2) is 66.9 Å². The number of halogens is 1. The summed E-state index contributed by atoms with van der Waals surface area (Å²) in [6.07, 6.45) is 2.97. The zero-order chi connectivity index (χ0) is 20.2. The summed E-state index contributed by atoms with van der Waals surface area (Å²) in [7, 11) is 0. The summed E-state index contributed by atoms with van der Waals surface area (Å²) in [6.45, 7) is 0. The monoisotopic (exact) mass is 403 g/mol. The second-order valence-corrected chi connectivity index (χ2v) is 7.02. The minimum absolute atomic E-state index is 0.265. The third kappa shape index (κ3) is 4.33. The maximum atomic E-state index is 11.3. The van der Waals surface area contributed by atoms with Gasteiger partial charge in [-0.1, -0.05) is 35.9 Å². The number of fused-ring (bicyclic) bond motifs is 1. The molecule has 0 unspecified atom stereocenters. The summed E-state index contributed by atoms with van der Waals surface area (Å²) in [5.41, 5.74) is 8.33. The van der Waals surface area contributed by atoms with Gasteiger partial charge >= 0.3 is 0 Å². The van der Waals surface area contributed by atoms with Gasteiger partial charge in [0.2, 0.25) is 0 Å². The lowest BCUT2D eigenvalue weighted by atomic mass is 10.0. The number of nitrogens with zero attached hydrogens (tertiary/aromatic N) is 3. The molecule has 2 heterocycles. The number of aryl methyl sites for hydroxylation is 2. The van der Waals surface area contributed by atoms with Crippen LogP contribution in [0, 0.1) is 0 Å².